The Balaban J connectivity index is 1.85. The first-order valence-electron chi connectivity index (χ1n) is 5.91. The van der Waals surface area contributed by atoms with Crippen molar-refractivity contribution < 1.29 is 19.1 Å². The number of aromatic carboxylic acids is 1. The van der Waals surface area contributed by atoms with E-state index < -0.39 is 5.97 Å². The van der Waals surface area contributed by atoms with Crippen molar-refractivity contribution in [2.75, 3.05) is 5.32 Å². The number of thiophene rings is 1. The van der Waals surface area contributed by atoms with Gasteiger partial charge in [-0.3, -0.25) is 4.79 Å². The predicted molar refractivity (Wildman–Crippen MR) is 74.6 cm³/mol. The molecule has 1 amide bonds. The van der Waals surface area contributed by atoms with E-state index in [1.54, 1.807) is 12.1 Å². The molecule has 4 nitrogen and oxygen atoms in total. The summed E-state index contributed by atoms with van der Waals surface area (Å²) in [5, 5.41) is 13.4. The van der Waals surface area contributed by atoms with Gasteiger partial charge in [0, 0.05) is 11.8 Å². The van der Waals surface area contributed by atoms with Crippen LogP contribution in [0.3, 0.4) is 0 Å². The van der Waals surface area contributed by atoms with Gasteiger partial charge in [-0.15, -0.1) is 11.3 Å². The molecular weight excluding hydrogens is 281 g/mol. The molecule has 2 rings (SSSR count). The maximum absolute atomic E-state index is 12.7. The molecule has 0 aliphatic heterocycles. The number of rotatable bonds is 5. The number of nitrogens with one attached hydrogen (secondary N) is 1. The summed E-state index contributed by atoms with van der Waals surface area (Å²) in [6.45, 7) is 0. The Morgan fingerprint density at radius 3 is 2.55 bits per heavy atom. The quantitative estimate of drug-likeness (QED) is 0.890. The number of carboxylic acid groups (broad SMARTS) is 1. The number of anilines is 1. The van der Waals surface area contributed by atoms with Crippen molar-refractivity contribution in [1.82, 2.24) is 0 Å². The Hall–Kier alpha value is -2.21. The van der Waals surface area contributed by atoms with E-state index in [2.05, 4.69) is 5.32 Å². The molecule has 0 radical (unpaired) electrons. The summed E-state index contributed by atoms with van der Waals surface area (Å²) in [5.41, 5.74) is 1.03. The lowest BCUT2D eigenvalue weighted by molar-refractivity contribution is -0.116. The second-order valence-corrected chi connectivity index (χ2v) is 5.09. The van der Waals surface area contributed by atoms with Crippen molar-refractivity contribution in [3.63, 3.8) is 0 Å². The van der Waals surface area contributed by atoms with Crippen LogP contribution in [0, 0.1) is 5.82 Å². The zero-order valence-electron chi connectivity index (χ0n) is 10.4. The molecule has 0 bridgehead atoms. The van der Waals surface area contributed by atoms with Crippen LogP contribution in [-0.4, -0.2) is 17.0 Å². The summed E-state index contributed by atoms with van der Waals surface area (Å²) in [7, 11) is 0. The van der Waals surface area contributed by atoms with Gasteiger partial charge in [-0.2, -0.15) is 0 Å². The van der Waals surface area contributed by atoms with Crippen molar-refractivity contribution in [2.45, 2.75) is 12.8 Å². The summed E-state index contributed by atoms with van der Waals surface area (Å²) in [4.78, 5) is 22.4. The predicted octanol–water partition coefficient (Wildman–Crippen LogP) is 3.16. The van der Waals surface area contributed by atoms with Gasteiger partial charge in [0.1, 0.15) is 5.82 Å². The van der Waals surface area contributed by atoms with Gasteiger partial charge in [-0.25, -0.2) is 9.18 Å². The van der Waals surface area contributed by atoms with Gasteiger partial charge in [0.15, 0.2) is 0 Å². The van der Waals surface area contributed by atoms with E-state index in [9.17, 15) is 14.0 Å². The highest BCUT2D eigenvalue weighted by Crippen LogP contribution is 2.20. The van der Waals surface area contributed by atoms with E-state index in [4.69, 9.17) is 5.11 Å². The monoisotopic (exact) mass is 293 g/mol. The third kappa shape index (κ3) is 3.89. The van der Waals surface area contributed by atoms with Crippen LogP contribution in [0.1, 0.15) is 22.3 Å². The second-order valence-electron chi connectivity index (χ2n) is 4.18. The highest BCUT2D eigenvalue weighted by atomic mass is 32.1. The number of amides is 1. The molecule has 0 unspecified atom stereocenters. The summed E-state index contributed by atoms with van der Waals surface area (Å²) in [6.07, 6.45) is 0.759. The van der Waals surface area contributed by atoms with E-state index in [1.807, 2.05) is 0 Å². The number of hydrogen-bond acceptors (Lipinski definition) is 3. The van der Waals surface area contributed by atoms with Crippen molar-refractivity contribution in [1.29, 1.82) is 0 Å². The maximum atomic E-state index is 12.7. The standard InChI is InChI=1S/C14H12FNO3S/c15-11-4-1-9(2-5-11)3-6-12(17)16-13-7-10(8-20-13)14(18)19/h1-2,4-5,7-8H,3,6H2,(H,16,17)(H,18,19). The lowest BCUT2D eigenvalue weighted by atomic mass is 10.1. The van der Waals surface area contributed by atoms with E-state index >= 15 is 0 Å². The second kappa shape index (κ2) is 6.29. The third-order valence-electron chi connectivity index (χ3n) is 2.66. The minimum atomic E-state index is -1.02. The van der Waals surface area contributed by atoms with Crippen LogP contribution in [0.15, 0.2) is 35.7 Å². The average molecular weight is 293 g/mol. The van der Waals surface area contributed by atoms with Gasteiger partial charge in [-0.05, 0) is 30.2 Å². The number of hydrogen-bond donors (Lipinski definition) is 2. The first kappa shape index (κ1) is 14.2. The molecule has 2 aromatic rings. The first-order valence-corrected chi connectivity index (χ1v) is 6.78. The molecular formula is C14H12FNO3S. The zero-order chi connectivity index (χ0) is 14.5. The third-order valence-corrected chi connectivity index (χ3v) is 3.51. The van der Waals surface area contributed by atoms with E-state index in [0.717, 1.165) is 5.56 Å². The number of carboxylic acids is 1. The van der Waals surface area contributed by atoms with Crippen molar-refractivity contribution in [3.05, 3.63) is 52.7 Å². The molecule has 0 saturated heterocycles. The highest BCUT2D eigenvalue weighted by Gasteiger charge is 2.09. The molecule has 0 atom stereocenters. The van der Waals surface area contributed by atoms with Crippen molar-refractivity contribution >= 4 is 28.2 Å². The average Bonchev–Trinajstić information content (AvgIpc) is 2.87. The van der Waals surface area contributed by atoms with Gasteiger partial charge >= 0.3 is 5.97 Å². The molecule has 1 heterocycles. The number of carbonyl (C=O) groups excluding carboxylic acids is 1. The molecule has 1 aromatic heterocycles. The van der Waals surface area contributed by atoms with Crippen LogP contribution in [0.4, 0.5) is 9.39 Å². The Bertz CT molecular complexity index is 622. The Kier molecular flexibility index (Phi) is 4.47. The Labute approximate surface area is 118 Å². The number of aryl methyl sites for hydroxylation is 1. The lowest BCUT2D eigenvalue weighted by Crippen LogP contribution is -2.11. The van der Waals surface area contributed by atoms with Gasteiger partial charge in [0.25, 0.3) is 0 Å². The zero-order valence-corrected chi connectivity index (χ0v) is 11.2. The minimum Gasteiger partial charge on any atom is -0.478 e. The lowest BCUT2D eigenvalue weighted by Gasteiger charge is -2.02. The Morgan fingerprint density at radius 1 is 1.25 bits per heavy atom. The summed E-state index contributed by atoms with van der Waals surface area (Å²) in [6, 6.07) is 7.40. The van der Waals surface area contributed by atoms with Crippen LogP contribution in [0.25, 0.3) is 0 Å². The molecule has 104 valence electrons. The van der Waals surface area contributed by atoms with Crippen LogP contribution in [-0.2, 0) is 11.2 Å². The van der Waals surface area contributed by atoms with Gasteiger partial charge in [0.05, 0.1) is 10.6 Å². The van der Waals surface area contributed by atoms with E-state index in [0.29, 0.717) is 11.4 Å². The van der Waals surface area contributed by atoms with Crippen LogP contribution >= 0.6 is 11.3 Å². The molecule has 0 aliphatic carbocycles. The van der Waals surface area contributed by atoms with Crippen molar-refractivity contribution in [3.8, 4) is 0 Å². The topological polar surface area (TPSA) is 66.4 Å². The van der Waals surface area contributed by atoms with Gasteiger partial charge in [-0.1, -0.05) is 12.1 Å². The fourth-order valence-corrected chi connectivity index (χ4v) is 2.41. The SMILES string of the molecule is O=C(CCc1ccc(F)cc1)Nc1cc(C(=O)O)cs1. The largest absolute Gasteiger partial charge is 0.478 e. The van der Waals surface area contributed by atoms with E-state index in [1.165, 1.54) is 34.9 Å². The molecule has 0 saturated carbocycles. The highest BCUT2D eigenvalue weighted by molar-refractivity contribution is 7.14. The summed E-state index contributed by atoms with van der Waals surface area (Å²) < 4.78 is 12.7. The maximum Gasteiger partial charge on any atom is 0.336 e. The Morgan fingerprint density at radius 2 is 1.95 bits per heavy atom. The molecule has 1 aromatic carbocycles. The molecule has 0 fully saturated rings. The number of benzene rings is 1. The normalized spacial score (nSPS) is 10.2. The molecule has 2 N–H and O–H groups in total. The fourth-order valence-electron chi connectivity index (χ4n) is 1.62. The summed E-state index contributed by atoms with van der Waals surface area (Å²) in [5.74, 6) is -1.53. The molecule has 0 spiro atoms. The smallest absolute Gasteiger partial charge is 0.336 e. The van der Waals surface area contributed by atoms with Crippen molar-refractivity contribution in [2.24, 2.45) is 0 Å². The van der Waals surface area contributed by atoms with Gasteiger partial charge < -0.3 is 10.4 Å². The number of carbonyl (C=O) groups is 2. The van der Waals surface area contributed by atoms with Crippen LogP contribution < -0.4 is 5.32 Å². The first-order chi connectivity index (χ1) is 9.54. The summed E-state index contributed by atoms with van der Waals surface area (Å²) >= 11 is 1.17. The molecule has 0 aliphatic rings. The minimum absolute atomic E-state index is 0.156. The van der Waals surface area contributed by atoms with Crippen LogP contribution in [0.2, 0.25) is 0 Å². The molecule has 6 heteroatoms. The van der Waals surface area contributed by atoms with Crippen LogP contribution in [0.5, 0.6) is 0 Å². The molecule has 20 heavy (non-hydrogen) atoms. The van der Waals surface area contributed by atoms with E-state index in [-0.39, 0.29) is 23.7 Å². The van der Waals surface area contributed by atoms with Gasteiger partial charge in [0.2, 0.25) is 5.91 Å². The fraction of sp³-hybridized carbons (Fsp3) is 0.143. The number of halogens is 1.